The van der Waals surface area contributed by atoms with Crippen molar-refractivity contribution < 1.29 is 22.7 Å². The second kappa shape index (κ2) is 10.7. The number of alkyl halides is 3. The van der Waals surface area contributed by atoms with E-state index in [-0.39, 0.29) is 25.7 Å². The molecular formula is C26H29F3N8O2. The van der Waals surface area contributed by atoms with Gasteiger partial charge in [-0.25, -0.2) is 19.3 Å². The minimum atomic E-state index is -2.98. The first kappa shape index (κ1) is 28.0. The van der Waals surface area contributed by atoms with Gasteiger partial charge >= 0.3 is 6.61 Å². The van der Waals surface area contributed by atoms with Crippen LogP contribution in [0.4, 0.5) is 30.6 Å². The quantitative estimate of drug-likeness (QED) is 0.519. The van der Waals surface area contributed by atoms with Gasteiger partial charge in [-0.05, 0) is 32.9 Å². The van der Waals surface area contributed by atoms with E-state index in [1.54, 1.807) is 36.9 Å². The van der Waals surface area contributed by atoms with E-state index < -0.39 is 36.1 Å². The van der Waals surface area contributed by atoms with E-state index in [1.807, 2.05) is 11.8 Å². The number of hydrogen-bond acceptors (Lipinski definition) is 9. The molecule has 13 heteroatoms. The summed E-state index contributed by atoms with van der Waals surface area (Å²) in [4.78, 5) is 31.7. The summed E-state index contributed by atoms with van der Waals surface area (Å²) in [6.07, 6.45) is 2.87. The first-order valence-corrected chi connectivity index (χ1v) is 12.4. The topological polar surface area (TPSA) is 122 Å². The number of amides is 1. The van der Waals surface area contributed by atoms with Crippen molar-refractivity contribution in [3.63, 3.8) is 0 Å². The van der Waals surface area contributed by atoms with Gasteiger partial charge in [-0.2, -0.15) is 19.3 Å². The average molecular weight is 543 g/mol. The van der Waals surface area contributed by atoms with Gasteiger partial charge in [0.15, 0.2) is 5.41 Å². The Morgan fingerprint density at radius 3 is 2.59 bits per heavy atom. The van der Waals surface area contributed by atoms with Crippen LogP contribution >= 0.6 is 0 Å². The van der Waals surface area contributed by atoms with Gasteiger partial charge in [-0.1, -0.05) is 6.92 Å². The molecule has 2 aromatic heterocycles. The maximum atomic E-state index is 13.6. The van der Waals surface area contributed by atoms with Gasteiger partial charge in [0, 0.05) is 48.9 Å². The standard InChI is InChI=1S/C26H29F3N8O2/c1-16-10-36(23(38)25(3,11-27)12-31)17(2)9-35(16)21-20-22(34-15-33-21)37(13-26(20,4)14-39-24(28)29)19-7-18(8-30)5-6-32-19/h5-7,15-17,24H,9-11,13-14H2,1-4H3/t16-,17+,25?,26?/m0/s1. The Labute approximate surface area is 224 Å². The van der Waals surface area contributed by atoms with Crippen LogP contribution in [0.2, 0.25) is 0 Å². The molecule has 1 amide bonds. The number of fused-ring (bicyclic) bond motifs is 1. The summed E-state index contributed by atoms with van der Waals surface area (Å²) in [5.41, 5.74) is -1.78. The number of rotatable bonds is 7. The first-order valence-electron chi connectivity index (χ1n) is 12.4. The number of halogens is 3. The van der Waals surface area contributed by atoms with Crippen LogP contribution < -0.4 is 9.80 Å². The Balaban J connectivity index is 1.75. The summed E-state index contributed by atoms with van der Waals surface area (Å²) in [6.45, 7) is 3.04. The van der Waals surface area contributed by atoms with E-state index in [9.17, 15) is 28.5 Å². The molecule has 0 aromatic carbocycles. The van der Waals surface area contributed by atoms with Gasteiger partial charge < -0.3 is 19.4 Å². The van der Waals surface area contributed by atoms with Crippen LogP contribution in [-0.2, 0) is 14.9 Å². The number of ether oxygens (including phenoxy) is 1. The fourth-order valence-electron chi connectivity index (χ4n) is 5.18. The van der Waals surface area contributed by atoms with Crippen LogP contribution in [-0.4, -0.2) is 77.4 Å². The predicted molar refractivity (Wildman–Crippen MR) is 135 cm³/mol. The van der Waals surface area contributed by atoms with E-state index in [1.165, 1.54) is 24.3 Å². The SMILES string of the molecule is C[C@@H]1CN(c2ncnc3c2C(C)(COC(F)F)CN3c2cc(C#N)ccn2)[C@@H](C)CN1C(=O)C(C)(C#N)CF. The Morgan fingerprint density at radius 1 is 1.23 bits per heavy atom. The highest BCUT2D eigenvalue weighted by Crippen LogP contribution is 2.47. The predicted octanol–water partition coefficient (Wildman–Crippen LogP) is 3.32. The van der Waals surface area contributed by atoms with Gasteiger partial charge in [0.25, 0.3) is 0 Å². The second-order valence-corrected chi connectivity index (χ2v) is 10.5. The molecule has 0 aliphatic carbocycles. The van der Waals surface area contributed by atoms with Crippen molar-refractivity contribution in [1.82, 2.24) is 19.9 Å². The zero-order valence-corrected chi connectivity index (χ0v) is 22.1. The molecule has 2 aromatic rings. The van der Waals surface area contributed by atoms with Crippen LogP contribution in [0.5, 0.6) is 0 Å². The molecule has 2 unspecified atom stereocenters. The normalized spacial score (nSPS) is 24.2. The molecule has 206 valence electrons. The molecule has 0 bridgehead atoms. The van der Waals surface area contributed by atoms with E-state index >= 15 is 0 Å². The summed E-state index contributed by atoms with van der Waals surface area (Å²) in [5.74, 6) is 0.805. The Morgan fingerprint density at radius 2 is 1.95 bits per heavy atom. The van der Waals surface area contributed by atoms with Crippen molar-refractivity contribution in [1.29, 1.82) is 10.5 Å². The number of nitriles is 2. The summed E-state index contributed by atoms with van der Waals surface area (Å²) in [6, 6.07) is 6.33. The van der Waals surface area contributed by atoms with Crippen molar-refractivity contribution in [3.05, 3.63) is 35.8 Å². The highest BCUT2D eigenvalue weighted by Gasteiger charge is 2.48. The van der Waals surface area contributed by atoms with E-state index in [4.69, 9.17) is 4.74 Å². The fourth-order valence-corrected chi connectivity index (χ4v) is 5.18. The highest BCUT2D eigenvalue weighted by molar-refractivity contribution is 5.86. The number of carbonyl (C=O) groups excluding carboxylic acids is 1. The molecule has 0 radical (unpaired) electrons. The Bertz CT molecular complexity index is 1330. The minimum Gasteiger partial charge on any atom is -0.350 e. The van der Waals surface area contributed by atoms with Gasteiger partial charge in [0.2, 0.25) is 5.91 Å². The largest absolute Gasteiger partial charge is 0.350 e. The molecule has 1 fully saturated rings. The van der Waals surface area contributed by atoms with Gasteiger partial charge in [-0.3, -0.25) is 4.79 Å². The van der Waals surface area contributed by atoms with E-state index in [2.05, 4.69) is 21.0 Å². The average Bonchev–Trinajstić information content (AvgIpc) is 3.25. The van der Waals surface area contributed by atoms with E-state index in [0.717, 1.165) is 0 Å². The molecular weight excluding hydrogens is 513 g/mol. The Hall–Kier alpha value is -3.97. The Kier molecular flexibility index (Phi) is 7.66. The molecule has 10 nitrogen and oxygen atoms in total. The minimum absolute atomic E-state index is 0.196. The van der Waals surface area contributed by atoms with Crippen LogP contribution in [0.3, 0.4) is 0 Å². The molecule has 4 atom stereocenters. The van der Waals surface area contributed by atoms with Crippen molar-refractivity contribution in [2.45, 2.75) is 51.8 Å². The van der Waals surface area contributed by atoms with Gasteiger partial charge in [-0.15, -0.1) is 0 Å². The number of anilines is 3. The second-order valence-electron chi connectivity index (χ2n) is 10.5. The lowest BCUT2D eigenvalue weighted by atomic mass is 9.85. The van der Waals surface area contributed by atoms with E-state index in [0.29, 0.717) is 35.1 Å². The summed E-state index contributed by atoms with van der Waals surface area (Å²) >= 11 is 0. The van der Waals surface area contributed by atoms with Gasteiger partial charge in [0.1, 0.15) is 30.5 Å². The molecule has 2 aliphatic heterocycles. The van der Waals surface area contributed by atoms with Crippen molar-refractivity contribution in [2.75, 3.05) is 42.7 Å². The molecule has 2 aliphatic rings. The monoisotopic (exact) mass is 542 g/mol. The molecule has 4 rings (SSSR count). The lowest BCUT2D eigenvalue weighted by molar-refractivity contribution is -0.142. The molecule has 0 saturated carbocycles. The zero-order valence-electron chi connectivity index (χ0n) is 22.1. The number of nitrogens with zero attached hydrogens (tertiary/aromatic N) is 8. The molecule has 0 spiro atoms. The van der Waals surface area contributed by atoms with Crippen LogP contribution in [0.15, 0.2) is 24.7 Å². The number of carbonyl (C=O) groups is 1. The van der Waals surface area contributed by atoms with Crippen LogP contribution in [0.1, 0.15) is 38.8 Å². The van der Waals surface area contributed by atoms with Crippen LogP contribution in [0.25, 0.3) is 0 Å². The molecule has 39 heavy (non-hydrogen) atoms. The third kappa shape index (κ3) is 5.06. The van der Waals surface area contributed by atoms with Crippen molar-refractivity contribution in [2.24, 2.45) is 5.41 Å². The van der Waals surface area contributed by atoms with Crippen molar-refractivity contribution >= 4 is 23.4 Å². The third-order valence-corrected chi connectivity index (χ3v) is 7.36. The maximum Gasteiger partial charge on any atom is 0.345 e. The molecule has 4 heterocycles. The number of pyridine rings is 1. The third-order valence-electron chi connectivity index (χ3n) is 7.36. The lowest BCUT2D eigenvalue weighted by Gasteiger charge is -2.46. The smallest absolute Gasteiger partial charge is 0.345 e. The zero-order chi connectivity index (χ0) is 28.5. The summed E-state index contributed by atoms with van der Waals surface area (Å²) < 4.78 is 44.8. The summed E-state index contributed by atoms with van der Waals surface area (Å²) in [7, 11) is 0. The highest BCUT2D eigenvalue weighted by atomic mass is 19.3. The molecule has 0 N–H and O–H groups in total. The number of aromatic nitrogens is 3. The number of piperazine rings is 1. The lowest BCUT2D eigenvalue weighted by Crippen LogP contribution is -2.61. The summed E-state index contributed by atoms with van der Waals surface area (Å²) in [5, 5.41) is 18.8. The van der Waals surface area contributed by atoms with Gasteiger partial charge in [0.05, 0.1) is 24.3 Å². The molecule has 1 saturated heterocycles. The van der Waals surface area contributed by atoms with Crippen molar-refractivity contribution in [3.8, 4) is 12.1 Å². The first-order chi connectivity index (χ1) is 18.5. The van der Waals surface area contributed by atoms with Crippen LogP contribution in [0, 0.1) is 28.1 Å². The fraction of sp³-hybridized carbons (Fsp3) is 0.538. The number of hydrogen-bond donors (Lipinski definition) is 0. The maximum absolute atomic E-state index is 13.6.